The highest BCUT2D eigenvalue weighted by atomic mass is 32.1. The Balaban J connectivity index is 1.57. The van der Waals surface area contributed by atoms with Gasteiger partial charge in [0.2, 0.25) is 0 Å². The summed E-state index contributed by atoms with van der Waals surface area (Å²) >= 11 is 1.75. The Bertz CT molecular complexity index is 1700. The summed E-state index contributed by atoms with van der Waals surface area (Å²) in [7, 11) is 0. The molecule has 4 aromatic carbocycles. The topological polar surface area (TPSA) is 26.3 Å². The third-order valence-corrected chi connectivity index (χ3v) is 6.67. The van der Waals surface area contributed by atoms with Crippen molar-refractivity contribution in [2.75, 3.05) is 0 Å². The van der Waals surface area contributed by atoms with E-state index in [2.05, 4.69) is 84.2 Å². The number of rotatable bonds is 1. The molecule has 0 radical (unpaired) electrons. The number of hydrogen-bond acceptors (Lipinski definition) is 3. The molecule has 3 aromatic heterocycles. The second-order valence-electron chi connectivity index (χ2n) is 7.41. The van der Waals surface area contributed by atoms with Crippen LogP contribution in [0.1, 0.15) is 0 Å². The standard InChI is InChI=1S/C26H14O2S/c1-2-5-16-14-23-21(12-15(16)4-1)19-9-8-18-20-13-17(24-6-3-11-29-24)7-10-22(20)27-25(18)26(19)28-23/h1-14H. The third-order valence-electron chi connectivity index (χ3n) is 5.75. The molecular weight excluding hydrogens is 376 g/mol. The maximum atomic E-state index is 6.31. The van der Waals surface area contributed by atoms with Crippen molar-refractivity contribution in [2.24, 2.45) is 0 Å². The smallest absolute Gasteiger partial charge is 0.178 e. The van der Waals surface area contributed by atoms with E-state index < -0.39 is 0 Å². The van der Waals surface area contributed by atoms with Gasteiger partial charge >= 0.3 is 0 Å². The van der Waals surface area contributed by atoms with Crippen molar-refractivity contribution in [1.82, 2.24) is 0 Å². The first-order valence-electron chi connectivity index (χ1n) is 9.59. The Morgan fingerprint density at radius 1 is 0.552 bits per heavy atom. The second-order valence-corrected chi connectivity index (χ2v) is 8.35. The lowest BCUT2D eigenvalue weighted by molar-refractivity contribution is 0.633. The molecule has 0 saturated heterocycles. The van der Waals surface area contributed by atoms with E-state index in [1.54, 1.807) is 11.3 Å². The van der Waals surface area contributed by atoms with Gasteiger partial charge < -0.3 is 8.83 Å². The first-order valence-corrected chi connectivity index (χ1v) is 10.5. The van der Waals surface area contributed by atoms with E-state index in [1.807, 2.05) is 0 Å². The van der Waals surface area contributed by atoms with Crippen LogP contribution in [0.4, 0.5) is 0 Å². The van der Waals surface area contributed by atoms with Gasteiger partial charge in [-0.15, -0.1) is 11.3 Å². The summed E-state index contributed by atoms with van der Waals surface area (Å²) < 4.78 is 12.6. The van der Waals surface area contributed by atoms with Crippen molar-refractivity contribution in [3.05, 3.63) is 84.2 Å². The molecule has 29 heavy (non-hydrogen) atoms. The Hall–Kier alpha value is -3.56. The van der Waals surface area contributed by atoms with Gasteiger partial charge in [0, 0.05) is 26.4 Å². The minimum atomic E-state index is 0.820. The minimum absolute atomic E-state index is 0.820. The van der Waals surface area contributed by atoms with Gasteiger partial charge in [0.15, 0.2) is 11.2 Å². The molecule has 0 saturated carbocycles. The number of hydrogen-bond donors (Lipinski definition) is 0. The van der Waals surface area contributed by atoms with Gasteiger partial charge in [0.1, 0.15) is 11.2 Å². The van der Waals surface area contributed by atoms with Gasteiger partial charge in [0.25, 0.3) is 0 Å². The molecule has 0 amide bonds. The summed E-state index contributed by atoms with van der Waals surface area (Å²) in [6, 6.07) is 27.7. The molecule has 0 aliphatic rings. The van der Waals surface area contributed by atoms with Crippen molar-refractivity contribution in [1.29, 1.82) is 0 Å². The van der Waals surface area contributed by atoms with Gasteiger partial charge in [-0.25, -0.2) is 0 Å². The van der Waals surface area contributed by atoms with Crippen molar-refractivity contribution < 1.29 is 8.83 Å². The predicted molar refractivity (Wildman–Crippen MR) is 122 cm³/mol. The second kappa shape index (κ2) is 5.49. The molecule has 3 heteroatoms. The summed E-state index contributed by atoms with van der Waals surface area (Å²) in [4.78, 5) is 1.26. The number of thiophene rings is 1. The molecule has 2 nitrogen and oxygen atoms in total. The van der Waals surface area contributed by atoms with Crippen molar-refractivity contribution in [3.63, 3.8) is 0 Å². The van der Waals surface area contributed by atoms with Crippen LogP contribution in [0.2, 0.25) is 0 Å². The average molecular weight is 390 g/mol. The average Bonchev–Trinajstić information content (AvgIpc) is 3.48. The van der Waals surface area contributed by atoms with E-state index in [4.69, 9.17) is 8.83 Å². The number of benzene rings is 4. The largest absolute Gasteiger partial charge is 0.452 e. The quantitative estimate of drug-likeness (QED) is 0.281. The van der Waals surface area contributed by atoms with Crippen LogP contribution in [0.3, 0.4) is 0 Å². The molecule has 0 atom stereocenters. The van der Waals surface area contributed by atoms with E-state index in [1.165, 1.54) is 21.2 Å². The zero-order valence-electron chi connectivity index (χ0n) is 15.3. The lowest BCUT2D eigenvalue weighted by Gasteiger charge is -1.97. The fourth-order valence-electron chi connectivity index (χ4n) is 4.35. The van der Waals surface area contributed by atoms with Crippen LogP contribution >= 0.6 is 11.3 Å². The van der Waals surface area contributed by atoms with Gasteiger partial charge in [0.05, 0.1) is 0 Å². The lowest BCUT2D eigenvalue weighted by atomic mass is 10.0. The van der Waals surface area contributed by atoms with Gasteiger partial charge in [-0.3, -0.25) is 0 Å². The van der Waals surface area contributed by atoms with E-state index in [0.717, 1.165) is 43.9 Å². The van der Waals surface area contributed by atoms with Crippen LogP contribution in [0.25, 0.3) is 65.1 Å². The molecule has 0 aliphatic heterocycles. The first-order chi connectivity index (χ1) is 14.3. The molecular formula is C26H14O2S. The normalized spacial score (nSPS) is 12.1. The van der Waals surface area contributed by atoms with Crippen LogP contribution in [-0.2, 0) is 0 Å². The molecule has 0 spiro atoms. The maximum absolute atomic E-state index is 6.31. The van der Waals surface area contributed by atoms with Gasteiger partial charge in [-0.2, -0.15) is 0 Å². The zero-order chi connectivity index (χ0) is 18.9. The van der Waals surface area contributed by atoms with E-state index >= 15 is 0 Å². The highest BCUT2D eigenvalue weighted by Gasteiger charge is 2.17. The Morgan fingerprint density at radius 2 is 1.28 bits per heavy atom. The molecule has 0 unspecified atom stereocenters. The molecule has 0 fully saturated rings. The fourth-order valence-corrected chi connectivity index (χ4v) is 5.07. The van der Waals surface area contributed by atoms with E-state index in [0.29, 0.717) is 0 Å². The molecule has 0 aliphatic carbocycles. The fraction of sp³-hybridized carbons (Fsp3) is 0. The van der Waals surface area contributed by atoms with Crippen LogP contribution in [0.15, 0.2) is 93.1 Å². The van der Waals surface area contributed by atoms with Crippen molar-refractivity contribution in [3.8, 4) is 10.4 Å². The minimum Gasteiger partial charge on any atom is -0.452 e. The van der Waals surface area contributed by atoms with Crippen LogP contribution < -0.4 is 0 Å². The van der Waals surface area contributed by atoms with Crippen LogP contribution in [-0.4, -0.2) is 0 Å². The maximum Gasteiger partial charge on any atom is 0.178 e. The highest BCUT2D eigenvalue weighted by molar-refractivity contribution is 7.13. The molecule has 7 rings (SSSR count). The Labute approximate surface area is 169 Å². The van der Waals surface area contributed by atoms with E-state index in [9.17, 15) is 0 Å². The summed E-state index contributed by atoms with van der Waals surface area (Å²) in [5.74, 6) is 0. The van der Waals surface area contributed by atoms with Crippen molar-refractivity contribution >= 4 is 66.0 Å². The Morgan fingerprint density at radius 3 is 2.03 bits per heavy atom. The molecule has 3 heterocycles. The number of furan rings is 2. The van der Waals surface area contributed by atoms with Gasteiger partial charge in [-0.05, 0) is 70.2 Å². The number of fused-ring (bicyclic) bond motifs is 8. The SMILES string of the molecule is c1csc(-c2ccc3oc4c(ccc5c6cc7ccccc7cc6oc54)c3c2)c1. The molecule has 0 bridgehead atoms. The van der Waals surface area contributed by atoms with Crippen LogP contribution in [0, 0.1) is 0 Å². The molecule has 0 N–H and O–H groups in total. The van der Waals surface area contributed by atoms with Gasteiger partial charge in [-0.1, -0.05) is 30.3 Å². The van der Waals surface area contributed by atoms with Crippen molar-refractivity contribution in [2.45, 2.75) is 0 Å². The summed E-state index contributed by atoms with van der Waals surface area (Å²) in [6.07, 6.45) is 0. The summed E-state index contributed by atoms with van der Waals surface area (Å²) in [5, 5.41) is 8.94. The predicted octanol–water partition coefficient (Wildman–Crippen LogP) is 8.37. The zero-order valence-corrected chi connectivity index (χ0v) is 16.1. The lowest BCUT2D eigenvalue weighted by Crippen LogP contribution is -1.73. The Kier molecular flexibility index (Phi) is 2.91. The molecule has 136 valence electrons. The first kappa shape index (κ1) is 15.4. The summed E-state index contributed by atoms with van der Waals surface area (Å²) in [5.41, 5.74) is 4.64. The van der Waals surface area contributed by atoms with E-state index in [-0.39, 0.29) is 0 Å². The highest BCUT2D eigenvalue weighted by Crippen LogP contribution is 2.40. The monoisotopic (exact) mass is 390 g/mol. The summed E-state index contributed by atoms with van der Waals surface area (Å²) in [6.45, 7) is 0. The third kappa shape index (κ3) is 2.11. The van der Waals surface area contributed by atoms with Crippen LogP contribution in [0.5, 0.6) is 0 Å². The molecule has 7 aromatic rings.